The van der Waals surface area contributed by atoms with Gasteiger partial charge in [-0.1, -0.05) is 48.9 Å². The number of hydrogen-bond acceptors (Lipinski definition) is 4. The number of aromatic nitrogens is 1. The summed E-state index contributed by atoms with van der Waals surface area (Å²) in [6.45, 7) is 3.34. The smallest absolute Gasteiger partial charge is 0.268 e. The highest BCUT2D eigenvalue weighted by molar-refractivity contribution is 7.90. The number of rotatable bonds is 9. The van der Waals surface area contributed by atoms with Crippen molar-refractivity contribution in [3.05, 3.63) is 78.5 Å². The summed E-state index contributed by atoms with van der Waals surface area (Å²) in [6, 6.07) is 15.2. The molecule has 3 rings (SSSR count). The Bertz CT molecular complexity index is 1050. The zero-order chi connectivity index (χ0) is 20.1. The third-order valence-electron chi connectivity index (χ3n) is 4.87. The summed E-state index contributed by atoms with van der Waals surface area (Å²) in [4.78, 5) is 0.139. The molecule has 0 saturated heterocycles. The van der Waals surface area contributed by atoms with Gasteiger partial charge in [-0.3, -0.25) is 0 Å². The van der Waals surface area contributed by atoms with Gasteiger partial charge in [-0.2, -0.15) is 0 Å². The van der Waals surface area contributed by atoms with Gasteiger partial charge in [0, 0.05) is 10.9 Å². The molecule has 0 aliphatic heterocycles. The minimum Gasteiger partial charge on any atom is -0.392 e. The van der Waals surface area contributed by atoms with Crippen LogP contribution in [0.15, 0.2) is 72.1 Å². The Morgan fingerprint density at radius 1 is 1.04 bits per heavy atom. The normalized spacial score (nSPS) is 12.9. The maximum absolute atomic E-state index is 13.4. The minimum absolute atomic E-state index is 0.139. The molecule has 0 bridgehead atoms. The van der Waals surface area contributed by atoms with Gasteiger partial charge in [0.05, 0.1) is 28.8 Å². The van der Waals surface area contributed by atoms with E-state index in [2.05, 4.69) is 6.58 Å². The van der Waals surface area contributed by atoms with E-state index in [9.17, 15) is 18.6 Å². The topological polar surface area (TPSA) is 79.5 Å². The van der Waals surface area contributed by atoms with Gasteiger partial charge in [-0.05, 0) is 37.5 Å². The fraction of sp³-hybridized carbons (Fsp3) is 0.273. The molecule has 0 spiro atoms. The summed E-state index contributed by atoms with van der Waals surface area (Å²) in [5.74, 6) is 0. The molecule has 0 fully saturated rings. The largest absolute Gasteiger partial charge is 0.392 e. The van der Waals surface area contributed by atoms with Crippen molar-refractivity contribution in [1.82, 2.24) is 3.97 Å². The average molecular weight is 400 g/mol. The van der Waals surface area contributed by atoms with Crippen molar-refractivity contribution in [2.45, 2.75) is 43.3 Å². The van der Waals surface area contributed by atoms with Crippen LogP contribution in [0.1, 0.15) is 43.0 Å². The van der Waals surface area contributed by atoms with Crippen LogP contribution in [-0.4, -0.2) is 22.6 Å². The highest BCUT2D eigenvalue weighted by Gasteiger charge is 2.29. The van der Waals surface area contributed by atoms with Crippen LogP contribution in [0.3, 0.4) is 0 Å². The lowest BCUT2D eigenvalue weighted by atomic mass is 10.0. The maximum atomic E-state index is 13.4. The van der Waals surface area contributed by atoms with Gasteiger partial charge in [0.2, 0.25) is 0 Å². The molecular formula is C22H25NO4S. The van der Waals surface area contributed by atoms with Crippen molar-refractivity contribution in [3.8, 4) is 0 Å². The molecule has 148 valence electrons. The molecular weight excluding hydrogens is 374 g/mol. The van der Waals surface area contributed by atoms with E-state index < -0.39 is 16.1 Å². The van der Waals surface area contributed by atoms with Crippen molar-refractivity contribution >= 4 is 20.9 Å². The number of aliphatic hydroxyl groups is 2. The van der Waals surface area contributed by atoms with Crippen LogP contribution in [0.5, 0.6) is 0 Å². The van der Waals surface area contributed by atoms with E-state index in [1.807, 2.05) is 6.08 Å². The van der Waals surface area contributed by atoms with Crippen LogP contribution < -0.4 is 0 Å². The quantitative estimate of drug-likeness (QED) is 0.418. The third-order valence-corrected chi connectivity index (χ3v) is 6.61. The molecule has 0 saturated carbocycles. The first kappa shape index (κ1) is 20.3. The molecule has 28 heavy (non-hydrogen) atoms. The number of aliphatic hydroxyl groups excluding tert-OH is 2. The molecule has 0 amide bonds. The molecule has 0 aliphatic rings. The van der Waals surface area contributed by atoms with Gasteiger partial charge in [0.1, 0.15) is 0 Å². The van der Waals surface area contributed by atoms with Gasteiger partial charge in [-0.25, -0.2) is 12.4 Å². The van der Waals surface area contributed by atoms with Crippen LogP contribution in [0.2, 0.25) is 0 Å². The fourth-order valence-electron chi connectivity index (χ4n) is 3.52. The second-order valence-corrected chi connectivity index (χ2v) is 8.50. The molecule has 6 heteroatoms. The summed E-state index contributed by atoms with van der Waals surface area (Å²) in [5, 5.41) is 21.5. The lowest BCUT2D eigenvalue weighted by Crippen LogP contribution is -2.18. The number of hydrogen-bond donors (Lipinski definition) is 2. The number of nitrogens with zero attached hydrogens (tertiary/aromatic N) is 1. The van der Waals surface area contributed by atoms with Crippen molar-refractivity contribution in [3.63, 3.8) is 0 Å². The van der Waals surface area contributed by atoms with E-state index in [-0.39, 0.29) is 17.2 Å². The standard InChI is InChI=1S/C22H25NO4S/c1-2-3-4-8-15-21(25)22-19(16-24)18-13-9-10-14-20(18)23(22)28(26,27)17-11-6-5-7-12-17/h2,5-7,9-14,21,24-25H,1,3-4,8,15-16H2. The van der Waals surface area contributed by atoms with Gasteiger partial charge >= 0.3 is 0 Å². The lowest BCUT2D eigenvalue weighted by Gasteiger charge is -2.17. The molecule has 2 N–H and O–H groups in total. The molecule has 2 aromatic carbocycles. The summed E-state index contributed by atoms with van der Waals surface area (Å²) in [6.07, 6.45) is 3.65. The fourth-order valence-corrected chi connectivity index (χ4v) is 5.14. The predicted octanol–water partition coefficient (Wildman–Crippen LogP) is 4.15. The molecule has 0 radical (unpaired) electrons. The molecule has 3 aromatic rings. The number of fused-ring (bicyclic) bond motifs is 1. The van der Waals surface area contributed by atoms with Crippen LogP contribution in [-0.2, 0) is 16.6 Å². The van der Waals surface area contributed by atoms with E-state index >= 15 is 0 Å². The number of unbranched alkanes of at least 4 members (excludes halogenated alkanes) is 2. The summed E-state index contributed by atoms with van der Waals surface area (Å²) >= 11 is 0. The van der Waals surface area contributed by atoms with E-state index in [0.717, 1.165) is 19.3 Å². The van der Waals surface area contributed by atoms with E-state index in [1.54, 1.807) is 42.5 Å². The Balaban J connectivity index is 2.19. The summed E-state index contributed by atoms with van der Waals surface area (Å²) in [7, 11) is -3.94. The predicted molar refractivity (Wildman–Crippen MR) is 111 cm³/mol. The van der Waals surface area contributed by atoms with Gasteiger partial charge in [0.15, 0.2) is 0 Å². The molecule has 0 aliphatic carbocycles. The molecule has 1 unspecified atom stereocenters. The third kappa shape index (κ3) is 3.76. The first-order valence-corrected chi connectivity index (χ1v) is 10.8. The van der Waals surface area contributed by atoms with E-state index in [1.165, 1.54) is 16.1 Å². The number of benzene rings is 2. The number of allylic oxidation sites excluding steroid dienone is 1. The van der Waals surface area contributed by atoms with E-state index in [0.29, 0.717) is 22.9 Å². The van der Waals surface area contributed by atoms with Crippen LogP contribution in [0, 0.1) is 0 Å². The van der Waals surface area contributed by atoms with Crippen molar-refractivity contribution < 1.29 is 18.6 Å². The average Bonchev–Trinajstić information content (AvgIpc) is 3.07. The maximum Gasteiger partial charge on any atom is 0.268 e. The zero-order valence-corrected chi connectivity index (χ0v) is 16.5. The molecule has 1 atom stereocenters. The highest BCUT2D eigenvalue weighted by atomic mass is 32.2. The molecule has 1 aromatic heterocycles. The summed E-state index contributed by atoms with van der Waals surface area (Å²) in [5.41, 5.74) is 1.15. The second kappa shape index (κ2) is 8.73. The van der Waals surface area contributed by atoms with Crippen molar-refractivity contribution in [1.29, 1.82) is 0 Å². The monoisotopic (exact) mass is 399 g/mol. The Kier molecular flexibility index (Phi) is 6.34. The Morgan fingerprint density at radius 2 is 1.71 bits per heavy atom. The highest BCUT2D eigenvalue weighted by Crippen LogP contribution is 2.35. The van der Waals surface area contributed by atoms with Gasteiger partial charge < -0.3 is 10.2 Å². The van der Waals surface area contributed by atoms with Crippen LogP contribution >= 0.6 is 0 Å². The van der Waals surface area contributed by atoms with E-state index in [4.69, 9.17) is 0 Å². The Hall–Kier alpha value is -2.41. The first-order chi connectivity index (χ1) is 13.5. The first-order valence-electron chi connectivity index (χ1n) is 9.35. The van der Waals surface area contributed by atoms with Gasteiger partial charge in [0.25, 0.3) is 10.0 Å². The van der Waals surface area contributed by atoms with Crippen LogP contribution in [0.25, 0.3) is 10.9 Å². The zero-order valence-electron chi connectivity index (χ0n) is 15.7. The van der Waals surface area contributed by atoms with Crippen molar-refractivity contribution in [2.75, 3.05) is 0 Å². The Morgan fingerprint density at radius 3 is 2.39 bits per heavy atom. The Labute approximate surface area is 165 Å². The summed E-state index contributed by atoms with van der Waals surface area (Å²) < 4.78 is 28.1. The minimum atomic E-state index is -3.94. The molecule has 1 heterocycles. The van der Waals surface area contributed by atoms with Gasteiger partial charge in [-0.15, -0.1) is 6.58 Å². The lowest BCUT2D eigenvalue weighted by molar-refractivity contribution is 0.154. The van der Waals surface area contributed by atoms with Crippen LogP contribution in [0.4, 0.5) is 0 Å². The second-order valence-electron chi connectivity index (χ2n) is 6.71. The molecule has 5 nitrogen and oxygen atoms in total. The number of para-hydroxylation sites is 1. The SMILES string of the molecule is C=CCCCCC(O)c1c(CO)c2ccccc2n1S(=O)(=O)c1ccccc1. The van der Waals surface area contributed by atoms with Crippen molar-refractivity contribution in [2.24, 2.45) is 0 Å².